The molecule has 1 aromatic rings. The Morgan fingerprint density at radius 1 is 1.53 bits per heavy atom. The maximum atomic E-state index is 13.3. The summed E-state index contributed by atoms with van der Waals surface area (Å²) in [4.78, 5) is 11.7. The minimum absolute atomic E-state index is 0.00984. The lowest BCUT2D eigenvalue weighted by atomic mass is 10.2. The van der Waals surface area contributed by atoms with E-state index in [0.717, 1.165) is 12.8 Å². The summed E-state index contributed by atoms with van der Waals surface area (Å²) < 4.78 is 13.3. The van der Waals surface area contributed by atoms with E-state index >= 15 is 0 Å². The number of amides is 1. The molecule has 1 aliphatic carbocycles. The first-order valence-electron chi connectivity index (χ1n) is 4.78. The Balaban J connectivity index is 2.21. The lowest BCUT2D eigenvalue weighted by molar-refractivity contribution is 0.0931. The Kier molecular flexibility index (Phi) is 2.43. The van der Waals surface area contributed by atoms with Gasteiger partial charge in [0, 0.05) is 10.6 Å². The number of rotatable bonds is 2. The lowest BCUT2D eigenvalue weighted by Crippen LogP contribution is -2.34. The van der Waals surface area contributed by atoms with Gasteiger partial charge < -0.3 is 5.32 Å². The number of halogens is 2. The molecule has 1 N–H and O–H groups in total. The molecular formula is C11H11ClFNO. The molecule has 0 unspecified atom stereocenters. The highest BCUT2D eigenvalue weighted by atomic mass is 35.5. The Bertz CT molecular complexity index is 415. The van der Waals surface area contributed by atoms with E-state index in [0.29, 0.717) is 5.02 Å². The molecule has 15 heavy (non-hydrogen) atoms. The molecular weight excluding hydrogens is 217 g/mol. The van der Waals surface area contributed by atoms with Gasteiger partial charge in [-0.05, 0) is 38.0 Å². The van der Waals surface area contributed by atoms with Crippen molar-refractivity contribution in [2.45, 2.75) is 25.3 Å². The van der Waals surface area contributed by atoms with Gasteiger partial charge in [-0.15, -0.1) is 0 Å². The number of benzene rings is 1. The van der Waals surface area contributed by atoms with E-state index in [1.165, 1.54) is 18.2 Å². The number of hydrogen-bond acceptors (Lipinski definition) is 1. The average molecular weight is 228 g/mol. The van der Waals surface area contributed by atoms with E-state index in [4.69, 9.17) is 11.6 Å². The van der Waals surface area contributed by atoms with Crippen LogP contribution in [-0.2, 0) is 0 Å². The zero-order valence-electron chi connectivity index (χ0n) is 8.31. The molecule has 0 heterocycles. The molecule has 0 spiro atoms. The molecule has 2 rings (SSSR count). The quantitative estimate of drug-likeness (QED) is 0.827. The Labute approximate surface area is 92.4 Å². The monoisotopic (exact) mass is 227 g/mol. The van der Waals surface area contributed by atoms with E-state index in [1.807, 2.05) is 6.92 Å². The summed E-state index contributed by atoms with van der Waals surface area (Å²) in [5.41, 5.74) is -0.137. The van der Waals surface area contributed by atoms with Crippen LogP contribution in [0.1, 0.15) is 30.1 Å². The molecule has 0 radical (unpaired) electrons. The van der Waals surface area contributed by atoms with Gasteiger partial charge in [0.2, 0.25) is 0 Å². The van der Waals surface area contributed by atoms with Gasteiger partial charge in [-0.25, -0.2) is 4.39 Å². The molecule has 1 aliphatic rings. The van der Waals surface area contributed by atoms with Crippen LogP contribution in [0, 0.1) is 5.82 Å². The lowest BCUT2D eigenvalue weighted by Gasteiger charge is -2.11. The summed E-state index contributed by atoms with van der Waals surface area (Å²) in [6.07, 6.45) is 1.89. The van der Waals surface area contributed by atoms with E-state index in [1.54, 1.807) is 0 Å². The van der Waals surface area contributed by atoms with Crippen molar-refractivity contribution in [1.29, 1.82) is 0 Å². The number of carbonyl (C=O) groups excluding carboxylic acids is 1. The summed E-state index contributed by atoms with van der Waals surface area (Å²) in [7, 11) is 0. The standard InChI is InChI=1S/C11H11ClFNO/c1-11(4-5-11)14-10(15)8-6-7(12)2-3-9(8)13/h2-3,6H,4-5H2,1H3,(H,14,15). The van der Waals surface area contributed by atoms with Crippen molar-refractivity contribution in [3.63, 3.8) is 0 Å². The Hall–Kier alpha value is -1.09. The van der Waals surface area contributed by atoms with Gasteiger partial charge in [-0.1, -0.05) is 11.6 Å². The molecule has 1 amide bonds. The molecule has 0 aliphatic heterocycles. The van der Waals surface area contributed by atoms with Gasteiger partial charge in [0.15, 0.2) is 0 Å². The second-order valence-electron chi connectivity index (χ2n) is 4.14. The molecule has 0 aromatic heterocycles. The molecule has 1 saturated carbocycles. The number of carbonyl (C=O) groups is 1. The summed E-state index contributed by atoms with van der Waals surface area (Å²) in [5.74, 6) is -0.934. The van der Waals surface area contributed by atoms with E-state index in [9.17, 15) is 9.18 Å². The van der Waals surface area contributed by atoms with Gasteiger partial charge in [-0.3, -0.25) is 4.79 Å². The number of nitrogens with one attached hydrogen (secondary N) is 1. The fraction of sp³-hybridized carbons (Fsp3) is 0.364. The van der Waals surface area contributed by atoms with Crippen LogP contribution in [-0.4, -0.2) is 11.4 Å². The summed E-state index contributed by atoms with van der Waals surface area (Å²) in [6.45, 7) is 1.94. The molecule has 80 valence electrons. The van der Waals surface area contributed by atoms with E-state index in [-0.39, 0.29) is 11.1 Å². The van der Waals surface area contributed by atoms with Gasteiger partial charge in [-0.2, -0.15) is 0 Å². The van der Waals surface area contributed by atoms with Crippen LogP contribution >= 0.6 is 11.6 Å². The van der Waals surface area contributed by atoms with Crippen molar-refractivity contribution in [3.8, 4) is 0 Å². The second-order valence-corrected chi connectivity index (χ2v) is 4.58. The highest BCUT2D eigenvalue weighted by Crippen LogP contribution is 2.34. The summed E-state index contributed by atoms with van der Waals surface area (Å²) in [5, 5.41) is 3.14. The molecule has 4 heteroatoms. The zero-order valence-corrected chi connectivity index (χ0v) is 9.07. The average Bonchev–Trinajstić information content (AvgIpc) is 2.87. The van der Waals surface area contributed by atoms with Crippen LogP contribution in [0.2, 0.25) is 5.02 Å². The molecule has 0 saturated heterocycles. The van der Waals surface area contributed by atoms with Crippen molar-refractivity contribution < 1.29 is 9.18 Å². The second kappa shape index (κ2) is 3.49. The fourth-order valence-electron chi connectivity index (χ4n) is 1.33. The van der Waals surface area contributed by atoms with Crippen molar-refractivity contribution in [2.24, 2.45) is 0 Å². The highest BCUT2D eigenvalue weighted by molar-refractivity contribution is 6.31. The van der Waals surface area contributed by atoms with Gasteiger partial charge in [0.05, 0.1) is 5.56 Å². The summed E-state index contributed by atoms with van der Waals surface area (Å²) >= 11 is 5.70. The zero-order chi connectivity index (χ0) is 11.1. The van der Waals surface area contributed by atoms with Crippen LogP contribution in [0.5, 0.6) is 0 Å². The third kappa shape index (κ3) is 2.29. The minimum Gasteiger partial charge on any atom is -0.347 e. The maximum absolute atomic E-state index is 13.3. The molecule has 1 aromatic carbocycles. The van der Waals surface area contributed by atoms with Gasteiger partial charge in [0.1, 0.15) is 5.82 Å². The van der Waals surface area contributed by atoms with Gasteiger partial charge >= 0.3 is 0 Å². The largest absolute Gasteiger partial charge is 0.347 e. The van der Waals surface area contributed by atoms with Crippen molar-refractivity contribution in [2.75, 3.05) is 0 Å². The topological polar surface area (TPSA) is 29.1 Å². The van der Waals surface area contributed by atoms with Crippen LogP contribution in [0.3, 0.4) is 0 Å². The Morgan fingerprint density at radius 2 is 2.20 bits per heavy atom. The smallest absolute Gasteiger partial charge is 0.254 e. The van der Waals surface area contributed by atoms with Crippen LogP contribution in [0.15, 0.2) is 18.2 Å². The minimum atomic E-state index is -0.541. The maximum Gasteiger partial charge on any atom is 0.254 e. The van der Waals surface area contributed by atoms with Crippen molar-refractivity contribution in [1.82, 2.24) is 5.32 Å². The molecule has 0 bridgehead atoms. The summed E-state index contributed by atoms with van der Waals surface area (Å²) in [6, 6.07) is 3.97. The third-order valence-electron chi connectivity index (χ3n) is 2.59. The first-order valence-corrected chi connectivity index (χ1v) is 5.16. The first-order chi connectivity index (χ1) is 7.00. The first kappa shape index (κ1) is 10.4. The highest BCUT2D eigenvalue weighted by Gasteiger charge is 2.39. The Morgan fingerprint density at radius 3 is 2.80 bits per heavy atom. The predicted octanol–water partition coefficient (Wildman–Crippen LogP) is 2.76. The van der Waals surface area contributed by atoms with Crippen LogP contribution in [0.4, 0.5) is 4.39 Å². The molecule has 2 nitrogen and oxygen atoms in total. The van der Waals surface area contributed by atoms with E-state index in [2.05, 4.69) is 5.32 Å². The molecule has 0 atom stereocenters. The third-order valence-corrected chi connectivity index (χ3v) is 2.82. The number of hydrogen-bond donors (Lipinski definition) is 1. The van der Waals surface area contributed by atoms with Crippen molar-refractivity contribution in [3.05, 3.63) is 34.6 Å². The predicted molar refractivity (Wildman–Crippen MR) is 56.5 cm³/mol. The van der Waals surface area contributed by atoms with Crippen LogP contribution in [0.25, 0.3) is 0 Å². The van der Waals surface area contributed by atoms with Crippen molar-refractivity contribution >= 4 is 17.5 Å². The normalized spacial score (nSPS) is 17.3. The van der Waals surface area contributed by atoms with Crippen LogP contribution < -0.4 is 5.32 Å². The fourth-order valence-corrected chi connectivity index (χ4v) is 1.50. The molecule has 1 fully saturated rings. The van der Waals surface area contributed by atoms with E-state index < -0.39 is 11.7 Å². The SMILES string of the molecule is CC1(NC(=O)c2cc(Cl)ccc2F)CC1. The van der Waals surface area contributed by atoms with Gasteiger partial charge in [0.25, 0.3) is 5.91 Å².